The van der Waals surface area contributed by atoms with Gasteiger partial charge in [0.05, 0.1) is 16.7 Å². The third-order valence-electron chi connectivity index (χ3n) is 1.79. The first-order valence-corrected chi connectivity index (χ1v) is 5.85. The molecule has 0 bridgehead atoms. The van der Waals surface area contributed by atoms with Crippen molar-refractivity contribution in [1.29, 1.82) is 0 Å². The first kappa shape index (κ1) is 10.2. The minimum Gasteiger partial charge on any atom is -0.260 e. The van der Waals surface area contributed by atoms with Gasteiger partial charge in [0.25, 0.3) is 0 Å². The largest absolute Gasteiger partial charge is 0.260 e. The van der Waals surface area contributed by atoms with Gasteiger partial charge in [-0.25, -0.2) is 8.42 Å². The summed E-state index contributed by atoms with van der Waals surface area (Å²) < 4.78 is 22.9. The summed E-state index contributed by atoms with van der Waals surface area (Å²) in [6.45, 7) is 3.36. The van der Waals surface area contributed by atoms with E-state index in [-0.39, 0.29) is 11.0 Å². The van der Waals surface area contributed by atoms with Crippen molar-refractivity contribution in [2.24, 2.45) is 0 Å². The van der Waals surface area contributed by atoms with Crippen LogP contribution in [0.5, 0.6) is 0 Å². The van der Waals surface area contributed by atoms with Crippen LogP contribution in [0.25, 0.3) is 0 Å². The molecule has 0 amide bonds. The Hall–Kier alpha value is -0.900. The second kappa shape index (κ2) is 3.87. The van der Waals surface area contributed by atoms with Crippen LogP contribution in [0.3, 0.4) is 0 Å². The molecule has 0 radical (unpaired) electrons. The van der Waals surface area contributed by atoms with Crippen molar-refractivity contribution in [1.82, 2.24) is 4.98 Å². The van der Waals surface area contributed by atoms with Crippen molar-refractivity contribution in [3.05, 3.63) is 30.1 Å². The molecule has 0 N–H and O–H groups in total. The molecule has 1 heterocycles. The van der Waals surface area contributed by atoms with Gasteiger partial charge in [0.1, 0.15) is 0 Å². The fourth-order valence-corrected chi connectivity index (χ4v) is 1.77. The van der Waals surface area contributed by atoms with Crippen molar-refractivity contribution in [3.63, 3.8) is 0 Å². The zero-order valence-corrected chi connectivity index (χ0v) is 8.58. The number of pyridine rings is 1. The summed E-state index contributed by atoms with van der Waals surface area (Å²) >= 11 is 0. The predicted octanol–water partition coefficient (Wildman–Crippen LogP) is 1.40. The van der Waals surface area contributed by atoms with Crippen LogP contribution in [0.4, 0.5) is 0 Å². The topological polar surface area (TPSA) is 47.0 Å². The van der Waals surface area contributed by atoms with Crippen molar-refractivity contribution in [3.8, 4) is 0 Å². The van der Waals surface area contributed by atoms with E-state index in [1.54, 1.807) is 38.2 Å². The highest BCUT2D eigenvalue weighted by Gasteiger charge is 2.16. The summed E-state index contributed by atoms with van der Waals surface area (Å²) in [4.78, 5) is 3.97. The number of nitrogens with zero attached hydrogens (tertiary/aromatic N) is 1. The molecule has 0 spiro atoms. The molecule has 1 aromatic heterocycles. The van der Waals surface area contributed by atoms with E-state index >= 15 is 0 Å². The van der Waals surface area contributed by atoms with Gasteiger partial charge in [0.2, 0.25) is 0 Å². The van der Waals surface area contributed by atoms with Crippen LogP contribution in [-0.4, -0.2) is 18.7 Å². The molecule has 0 atom stereocenters. The van der Waals surface area contributed by atoms with Gasteiger partial charge >= 0.3 is 0 Å². The summed E-state index contributed by atoms with van der Waals surface area (Å²) in [6.07, 6.45) is 1.60. The van der Waals surface area contributed by atoms with E-state index in [2.05, 4.69) is 4.98 Å². The zero-order valence-electron chi connectivity index (χ0n) is 7.77. The molecule has 0 saturated heterocycles. The normalized spacial score (nSPS) is 11.9. The SMILES string of the molecule is CC(C)S(=O)(=O)Cc1ccccn1. The fourth-order valence-electron chi connectivity index (χ4n) is 0.856. The summed E-state index contributed by atoms with van der Waals surface area (Å²) in [7, 11) is -3.01. The maximum Gasteiger partial charge on any atom is 0.158 e. The van der Waals surface area contributed by atoms with Crippen LogP contribution in [0.15, 0.2) is 24.4 Å². The molecule has 4 heteroatoms. The Bertz CT molecular complexity index is 356. The molecule has 72 valence electrons. The number of sulfone groups is 1. The van der Waals surface area contributed by atoms with Crippen LogP contribution in [0, 0.1) is 0 Å². The van der Waals surface area contributed by atoms with Gasteiger partial charge in [-0.1, -0.05) is 6.07 Å². The summed E-state index contributed by atoms with van der Waals surface area (Å²) in [6, 6.07) is 5.28. The zero-order chi connectivity index (χ0) is 9.90. The fraction of sp³-hybridized carbons (Fsp3) is 0.444. The smallest absolute Gasteiger partial charge is 0.158 e. The van der Waals surface area contributed by atoms with E-state index in [1.807, 2.05) is 0 Å². The number of hydrogen-bond acceptors (Lipinski definition) is 3. The van der Waals surface area contributed by atoms with Crippen LogP contribution < -0.4 is 0 Å². The van der Waals surface area contributed by atoms with Gasteiger partial charge in [-0.2, -0.15) is 0 Å². The highest BCUT2D eigenvalue weighted by molar-refractivity contribution is 7.91. The molecule has 0 aliphatic rings. The van der Waals surface area contributed by atoms with Gasteiger partial charge in [0.15, 0.2) is 9.84 Å². The van der Waals surface area contributed by atoms with Crippen LogP contribution in [-0.2, 0) is 15.6 Å². The first-order chi connectivity index (χ1) is 6.02. The lowest BCUT2D eigenvalue weighted by Gasteiger charge is -2.06. The Labute approximate surface area is 78.7 Å². The lowest BCUT2D eigenvalue weighted by Crippen LogP contribution is -2.16. The highest BCUT2D eigenvalue weighted by Crippen LogP contribution is 2.07. The molecule has 1 aromatic rings. The Morgan fingerprint density at radius 3 is 2.54 bits per heavy atom. The Balaban J connectivity index is 2.82. The van der Waals surface area contributed by atoms with Crippen LogP contribution in [0.1, 0.15) is 19.5 Å². The molecular formula is C9H13NO2S. The molecule has 0 unspecified atom stereocenters. The third kappa shape index (κ3) is 2.81. The highest BCUT2D eigenvalue weighted by atomic mass is 32.2. The van der Waals surface area contributed by atoms with E-state index in [4.69, 9.17) is 0 Å². The maximum absolute atomic E-state index is 11.5. The molecule has 0 saturated carbocycles. The van der Waals surface area contributed by atoms with E-state index < -0.39 is 9.84 Å². The molecule has 13 heavy (non-hydrogen) atoms. The van der Waals surface area contributed by atoms with E-state index in [0.717, 1.165) is 0 Å². The molecule has 3 nitrogen and oxygen atoms in total. The number of rotatable bonds is 3. The molecular weight excluding hydrogens is 186 g/mol. The van der Waals surface area contributed by atoms with Crippen LogP contribution in [0.2, 0.25) is 0 Å². The van der Waals surface area contributed by atoms with Crippen molar-refractivity contribution >= 4 is 9.84 Å². The summed E-state index contributed by atoms with van der Waals surface area (Å²) in [5, 5.41) is -0.338. The second-order valence-corrected chi connectivity index (χ2v) is 5.73. The van der Waals surface area contributed by atoms with Gasteiger partial charge in [0, 0.05) is 6.20 Å². The van der Waals surface area contributed by atoms with Crippen molar-refractivity contribution < 1.29 is 8.42 Å². The molecule has 0 aliphatic heterocycles. The van der Waals surface area contributed by atoms with Crippen LogP contribution >= 0.6 is 0 Å². The first-order valence-electron chi connectivity index (χ1n) is 4.14. The monoisotopic (exact) mass is 199 g/mol. The lowest BCUT2D eigenvalue weighted by atomic mass is 10.4. The number of hydrogen-bond donors (Lipinski definition) is 0. The van der Waals surface area contributed by atoms with Crippen molar-refractivity contribution in [2.45, 2.75) is 24.9 Å². The average Bonchev–Trinajstić information content (AvgIpc) is 2.05. The molecule has 0 aromatic carbocycles. The number of aromatic nitrogens is 1. The minimum absolute atomic E-state index is 0.0332. The van der Waals surface area contributed by atoms with E-state index in [9.17, 15) is 8.42 Å². The summed E-state index contributed by atoms with van der Waals surface area (Å²) in [5.41, 5.74) is 0.608. The molecule has 1 rings (SSSR count). The second-order valence-electron chi connectivity index (χ2n) is 3.18. The predicted molar refractivity (Wildman–Crippen MR) is 52.0 cm³/mol. The van der Waals surface area contributed by atoms with Crippen molar-refractivity contribution in [2.75, 3.05) is 0 Å². The Morgan fingerprint density at radius 1 is 1.38 bits per heavy atom. The Kier molecular flexibility index (Phi) is 3.03. The van der Waals surface area contributed by atoms with Gasteiger partial charge in [-0.05, 0) is 26.0 Å². The van der Waals surface area contributed by atoms with E-state index in [0.29, 0.717) is 5.69 Å². The summed E-state index contributed by atoms with van der Waals surface area (Å²) in [5.74, 6) is 0.0332. The average molecular weight is 199 g/mol. The third-order valence-corrected chi connectivity index (χ3v) is 3.93. The standard InChI is InChI=1S/C9H13NO2S/c1-8(2)13(11,12)7-9-5-3-4-6-10-9/h3-6,8H,7H2,1-2H3. The van der Waals surface area contributed by atoms with Gasteiger partial charge in [-0.3, -0.25) is 4.98 Å². The van der Waals surface area contributed by atoms with Gasteiger partial charge in [-0.15, -0.1) is 0 Å². The van der Waals surface area contributed by atoms with E-state index in [1.165, 1.54) is 0 Å². The van der Waals surface area contributed by atoms with Gasteiger partial charge < -0.3 is 0 Å². The molecule has 0 fully saturated rings. The molecule has 0 aliphatic carbocycles. The minimum atomic E-state index is -3.01. The maximum atomic E-state index is 11.5. The quantitative estimate of drug-likeness (QED) is 0.739. The lowest BCUT2D eigenvalue weighted by molar-refractivity contribution is 0.586. The Morgan fingerprint density at radius 2 is 2.08 bits per heavy atom.